The van der Waals surface area contributed by atoms with Gasteiger partial charge in [0.15, 0.2) is 6.29 Å². The second kappa shape index (κ2) is 9.19. The Labute approximate surface area is 194 Å². The number of aliphatic hydroxyl groups is 1. The molecule has 2 amide bonds. The molecule has 0 saturated carbocycles. The predicted octanol–water partition coefficient (Wildman–Crippen LogP) is 2.72. The highest BCUT2D eigenvalue weighted by Crippen LogP contribution is 2.56. The van der Waals surface area contributed by atoms with Crippen molar-refractivity contribution < 1.29 is 38.4 Å². The van der Waals surface area contributed by atoms with Gasteiger partial charge in [0.2, 0.25) is 11.4 Å². The van der Waals surface area contributed by atoms with Crippen LogP contribution >= 0.6 is 0 Å². The SMILES string of the molecule is C=CCOC(=O)[C@]1([C@H](O)[C@@H]2C=CCCC2)N(C(=O)OC(C)(C)C)C(=O)[C@@H]2C[C@H](OC)O[C@@]21C. The lowest BCUT2D eigenvalue weighted by atomic mass is 9.68. The van der Waals surface area contributed by atoms with Crippen LogP contribution in [-0.4, -0.2) is 70.8 Å². The fraction of sp³-hybridized carbons (Fsp3) is 0.708. The van der Waals surface area contributed by atoms with Crippen LogP contribution in [0.1, 0.15) is 53.4 Å². The molecule has 3 aliphatic rings. The van der Waals surface area contributed by atoms with E-state index in [0.29, 0.717) is 6.42 Å². The standard InChI is InChI=1S/C24H35NO8/c1-7-13-31-20(28)24(18(26)15-11-9-8-10-12-15)23(5)16(14-17(30-6)32-23)19(27)25(24)21(29)33-22(2,3)4/h7,9,11,15-18,26H,1,8,10,12-14H2,2-6H3/t15-,16+,17-,18-,23+,24+/m1/s1. The van der Waals surface area contributed by atoms with Crippen LogP contribution in [-0.2, 0) is 28.5 Å². The van der Waals surface area contributed by atoms with Crippen LogP contribution in [0.2, 0.25) is 0 Å². The van der Waals surface area contributed by atoms with Gasteiger partial charge in [0, 0.05) is 19.4 Å². The highest BCUT2D eigenvalue weighted by atomic mass is 16.7. The molecule has 9 nitrogen and oxygen atoms in total. The van der Waals surface area contributed by atoms with Crippen LogP contribution in [0.5, 0.6) is 0 Å². The second-order valence-corrected chi connectivity index (χ2v) is 9.95. The molecule has 2 heterocycles. The molecule has 3 rings (SSSR count). The molecule has 0 aromatic rings. The molecule has 0 aromatic heterocycles. The number of nitrogens with zero attached hydrogens (tertiary/aromatic N) is 1. The number of likely N-dealkylation sites (tertiary alicyclic amines) is 1. The summed E-state index contributed by atoms with van der Waals surface area (Å²) in [6, 6.07) is 0. The molecule has 1 N–H and O–H groups in total. The molecule has 0 aromatic carbocycles. The number of esters is 1. The van der Waals surface area contributed by atoms with Crippen molar-refractivity contribution in [2.24, 2.45) is 11.8 Å². The Balaban J connectivity index is 2.23. The Hall–Kier alpha value is -2.23. The number of rotatable bonds is 6. The largest absolute Gasteiger partial charge is 0.460 e. The number of hydrogen-bond donors (Lipinski definition) is 1. The molecule has 2 saturated heterocycles. The Morgan fingerprint density at radius 3 is 2.67 bits per heavy atom. The van der Waals surface area contributed by atoms with E-state index in [0.717, 1.165) is 17.7 Å². The Kier molecular flexibility index (Phi) is 7.07. The highest BCUT2D eigenvalue weighted by molar-refractivity contribution is 6.06. The molecule has 9 heteroatoms. The summed E-state index contributed by atoms with van der Waals surface area (Å²) < 4.78 is 22.4. The van der Waals surface area contributed by atoms with E-state index >= 15 is 0 Å². The van der Waals surface area contributed by atoms with Crippen molar-refractivity contribution in [3.05, 3.63) is 24.8 Å². The van der Waals surface area contributed by atoms with Crippen molar-refractivity contribution in [1.29, 1.82) is 0 Å². The number of amides is 2. The Bertz CT molecular complexity index is 833. The molecule has 6 atom stereocenters. The van der Waals surface area contributed by atoms with Crippen LogP contribution in [0.15, 0.2) is 24.8 Å². The molecule has 0 radical (unpaired) electrons. The van der Waals surface area contributed by atoms with Gasteiger partial charge >= 0.3 is 12.1 Å². The lowest BCUT2D eigenvalue weighted by Crippen LogP contribution is -2.73. The maximum Gasteiger partial charge on any atom is 0.418 e. The Morgan fingerprint density at radius 2 is 2.12 bits per heavy atom. The van der Waals surface area contributed by atoms with E-state index in [1.165, 1.54) is 13.2 Å². The zero-order valence-electron chi connectivity index (χ0n) is 20.0. The van der Waals surface area contributed by atoms with Gasteiger partial charge in [-0.1, -0.05) is 24.8 Å². The molecular weight excluding hydrogens is 430 g/mol. The van der Waals surface area contributed by atoms with Crippen LogP contribution in [0.3, 0.4) is 0 Å². The highest BCUT2D eigenvalue weighted by Gasteiger charge is 2.79. The number of methoxy groups -OCH3 is 1. The minimum Gasteiger partial charge on any atom is -0.460 e. The number of imide groups is 1. The molecule has 0 unspecified atom stereocenters. The van der Waals surface area contributed by atoms with E-state index in [1.807, 2.05) is 12.2 Å². The third-order valence-electron chi connectivity index (χ3n) is 6.70. The molecule has 0 bridgehead atoms. The average Bonchev–Trinajstić information content (AvgIpc) is 3.20. The second-order valence-electron chi connectivity index (χ2n) is 9.95. The maximum absolute atomic E-state index is 13.8. The average molecular weight is 466 g/mol. The lowest BCUT2D eigenvalue weighted by molar-refractivity contribution is -0.219. The van der Waals surface area contributed by atoms with Gasteiger partial charge in [-0.05, 0) is 47.0 Å². The number of hydrogen-bond acceptors (Lipinski definition) is 8. The molecular formula is C24H35NO8. The van der Waals surface area contributed by atoms with Gasteiger partial charge < -0.3 is 24.1 Å². The molecule has 1 aliphatic carbocycles. The number of carbonyl (C=O) groups is 3. The summed E-state index contributed by atoms with van der Waals surface area (Å²) in [5, 5.41) is 11.8. The van der Waals surface area contributed by atoms with Gasteiger partial charge in [-0.3, -0.25) is 4.79 Å². The first-order chi connectivity index (χ1) is 15.4. The van der Waals surface area contributed by atoms with Gasteiger partial charge in [-0.2, -0.15) is 0 Å². The normalized spacial score (nSPS) is 34.7. The number of ether oxygens (including phenoxy) is 4. The van der Waals surface area contributed by atoms with Gasteiger partial charge in [-0.15, -0.1) is 0 Å². The van der Waals surface area contributed by atoms with E-state index in [9.17, 15) is 19.5 Å². The zero-order valence-corrected chi connectivity index (χ0v) is 20.0. The molecule has 2 fully saturated rings. The minimum absolute atomic E-state index is 0.120. The zero-order chi connectivity index (χ0) is 24.6. The first kappa shape index (κ1) is 25.4. The van der Waals surface area contributed by atoms with Crippen molar-refractivity contribution in [3.63, 3.8) is 0 Å². The summed E-state index contributed by atoms with van der Waals surface area (Å²) in [7, 11) is 1.43. The summed E-state index contributed by atoms with van der Waals surface area (Å²) in [5.74, 6) is -3.04. The lowest BCUT2D eigenvalue weighted by Gasteiger charge is -2.48. The first-order valence-corrected chi connectivity index (χ1v) is 11.3. The quantitative estimate of drug-likeness (QED) is 0.471. The van der Waals surface area contributed by atoms with E-state index in [1.54, 1.807) is 27.7 Å². The van der Waals surface area contributed by atoms with Gasteiger partial charge in [0.25, 0.3) is 0 Å². The summed E-state index contributed by atoms with van der Waals surface area (Å²) in [4.78, 5) is 41.7. The fourth-order valence-electron chi connectivity index (χ4n) is 5.25. The molecule has 33 heavy (non-hydrogen) atoms. The molecule has 2 aliphatic heterocycles. The summed E-state index contributed by atoms with van der Waals surface area (Å²) >= 11 is 0. The van der Waals surface area contributed by atoms with Gasteiger partial charge in [0.1, 0.15) is 17.8 Å². The predicted molar refractivity (Wildman–Crippen MR) is 118 cm³/mol. The topological polar surface area (TPSA) is 112 Å². The summed E-state index contributed by atoms with van der Waals surface area (Å²) in [6.45, 7) is 9.93. The number of allylic oxidation sites excluding steroid dienone is 1. The van der Waals surface area contributed by atoms with Crippen molar-refractivity contribution >= 4 is 18.0 Å². The Morgan fingerprint density at radius 1 is 1.42 bits per heavy atom. The minimum atomic E-state index is -2.18. The number of fused-ring (bicyclic) bond motifs is 1. The summed E-state index contributed by atoms with van der Waals surface area (Å²) in [6.07, 6.45) is 4.12. The van der Waals surface area contributed by atoms with Crippen molar-refractivity contribution in [1.82, 2.24) is 4.90 Å². The maximum atomic E-state index is 13.8. The van der Waals surface area contributed by atoms with E-state index in [4.69, 9.17) is 18.9 Å². The number of carbonyl (C=O) groups excluding carboxylic acids is 3. The third kappa shape index (κ3) is 4.11. The van der Waals surface area contributed by atoms with Gasteiger partial charge in [0.05, 0.1) is 12.0 Å². The number of aliphatic hydroxyl groups excluding tert-OH is 1. The van der Waals surface area contributed by atoms with Crippen LogP contribution in [0.4, 0.5) is 4.79 Å². The molecule has 0 spiro atoms. The van der Waals surface area contributed by atoms with Crippen LogP contribution < -0.4 is 0 Å². The van der Waals surface area contributed by atoms with Crippen LogP contribution in [0.25, 0.3) is 0 Å². The molecule has 184 valence electrons. The van der Waals surface area contributed by atoms with E-state index in [-0.39, 0.29) is 13.0 Å². The smallest absolute Gasteiger partial charge is 0.418 e. The first-order valence-electron chi connectivity index (χ1n) is 11.3. The van der Waals surface area contributed by atoms with Crippen LogP contribution in [0, 0.1) is 11.8 Å². The third-order valence-corrected chi connectivity index (χ3v) is 6.70. The van der Waals surface area contributed by atoms with Crippen molar-refractivity contribution in [2.75, 3.05) is 13.7 Å². The van der Waals surface area contributed by atoms with Crippen molar-refractivity contribution in [2.45, 2.75) is 82.5 Å². The van der Waals surface area contributed by atoms with Crippen molar-refractivity contribution in [3.8, 4) is 0 Å². The summed E-state index contributed by atoms with van der Waals surface area (Å²) in [5.41, 5.74) is -4.73. The van der Waals surface area contributed by atoms with E-state index < -0.39 is 58.9 Å². The monoisotopic (exact) mass is 465 g/mol. The van der Waals surface area contributed by atoms with Gasteiger partial charge in [-0.25, -0.2) is 14.5 Å². The fourth-order valence-corrected chi connectivity index (χ4v) is 5.25. The van der Waals surface area contributed by atoms with E-state index in [2.05, 4.69) is 6.58 Å².